The van der Waals surface area contributed by atoms with Gasteiger partial charge < -0.3 is 20.3 Å². The molecule has 0 aliphatic carbocycles. The summed E-state index contributed by atoms with van der Waals surface area (Å²) in [5.74, 6) is 0.269. The summed E-state index contributed by atoms with van der Waals surface area (Å²) in [6.45, 7) is 2.82. The van der Waals surface area contributed by atoms with Crippen LogP contribution in [0.1, 0.15) is 34.5 Å². The van der Waals surface area contributed by atoms with E-state index in [0.717, 1.165) is 24.1 Å². The maximum atomic E-state index is 12.4. The first kappa shape index (κ1) is 20.8. The highest BCUT2D eigenvalue weighted by Crippen LogP contribution is 2.18. The molecule has 7 nitrogen and oxygen atoms in total. The topological polar surface area (TPSA) is 83.6 Å². The lowest BCUT2D eigenvalue weighted by atomic mass is 9.97. The summed E-state index contributed by atoms with van der Waals surface area (Å²) in [4.78, 5) is 30.6. The first-order valence-corrected chi connectivity index (χ1v) is 9.99. The largest absolute Gasteiger partial charge is 0.445 e. The van der Waals surface area contributed by atoms with Gasteiger partial charge in [0.1, 0.15) is 6.61 Å². The Morgan fingerprint density at radius 3 is 2.66 bits per heavy atom. The number of carbonyl (C=O) groups excluding carboxylic acids is 2. The van der Waals surface area contributed by atoms with Gasteiger partial charge in [-0.1, -0.05) is 30.3 Å². The number of hydrogen-bond acceptors (Lipinski definition) is 5. The van der Waals surface area contributed by atoms with Gasteiger partial charge in [-0.25, -0.2) is 4.79 Å². The van der Waals surface area contributed by atoms with Crippen molar-refractivity contribution in [2.75, 3.05) is 26.7 Å². The Bertz CT molecular complexity index is 805. The predicted octanol–water partition coefficient (Wildman–Crippen LogP) is 2.58. The zero-order valence-electron chi connectivity index (χ0n) is 16.8. The molecule has 0 spiro atoms. The number of carbonyl (C=O) groups is 2. The third-order valence-electron chi connectivity index (χ3n) is 5.07. The third kappa shape index (κ3) is 6.29. The Labute approximate surface area is 171 Å². The van der Waals surface area contributed by atoms with Crippen LogP contribution in [0.5, 0.6) is 0 Å². The van der Waals surface area contributed by atoms with Gasteiger partial charge in [0, 0.05) is 37.9 Å². The summed E-state index contributed by atoms with van der Waals surface area (Å²) in [6.07, 6.45) is 3.08. The summed E-state index contributed by atoms with van der Waals surface area (Å²) in [7, 11) is 1.85. The van der Waals surface area contributed by atoms with Crippen molar-refractivity contribution in [3.8, 4) is 0 Å². The molecule has 1 aliphatic rings. The number of pyridine rings is 1. The summed E-state index contributed by atoms with van der Waals surface area (Å²) in [5.41, 5.74) is 2.43. The van der Waals surface area contributed by atoms with E-state index in [1.807, 2.05) is 37.4 Å². The van der Waals surface area contributed by atoms with E-state index in [2.05, 4.69) is 15.6 Å². The SMILES string of the molecule is CNCc1cc(C(=O)NCC2CCN(C(=O)OCc3ccccc3)CC2)ccn1. The van der Waals surface area contributed by atoms with E-state index in [0.29, 0.717) is 37.7 Å². The Balaban J connectivity index is 1.38. The standard InChI is InChI=1S/C22H28N4O3/c1-23-15-20-13-19(7-10-24-20)21(27)25-14-17-8-11-26(12-9-17)22(28)29-16-18-5-3-2-4-6-18/h2-7,10,13,17,23H,8-9,11-12,14-16H2,1H3,(H,25,27). The smallest absolute Gasteiger partial charge is 0.410 e. The minimum atomic E-state index is -0.273. The lowest BCUT2D eigenvalue weighted by Gasteiger charge is -2.31. The molecule has 0 saturated carbocycles. The van der Waals surface area contributed by atoms with E-state index in [1.165, 1.54) is 0 Å². The number of aromatic nitrogens is 1. The van der Waals surface area contributed by atoms with Crippen molar-refractivity contribution in [1.29, 1.82) is 0 Å². The molecule has 1 aliphatic heterocycles. The van der Waals surface area contributed by atoms with Gasteiger partial charge >= 0.3 is 6.09 Å². The van der Waals surface area contributed by atoms with Crippen LogP contribution in [0.15, 0.2) is 48.7 Å². The van der Waals surface area contributed by atoms with E-state index < -0.39 is 0 Å². The average molecular weight is 396 g/mol. The second kappa shape index (κ2) is 10.6. The zero-order chi connectivity index (χ0) is 20.5. The molecule has 29 heavy (non-hydrogen) atoms. The van der Waals surface area contributed by atoms with Gasteiger partial charge in [-0.3, -0.25) is 9.78 Å². The number of likely N-dealkylation sites (tertiary alicyclic amines) is 1. The van der Waals surface area contributed by atoms with Gasteiger partial charge in [0.15, 0.2) is 0 Å². The lowest BCUT2D eigenvalue weighted by Crippen LogP contribution is -2.41. The van der Waals surface area contributed by atoms with Crippen LogP contribution in [0, 0.1) is 5.92 Å². The molecule has 2 N–H and O–H groups in total. The molecule has 0 unspecified atom stereocenters. The molecule has 0 bridgehead atoms. The fourth-order valence-electron chi connectivity index (χ4n) is 3.37. The van der Waals surface area contributed by atoms with Gasteiger partial charge in [0.2, 0.25) is 0 Å². The summed E-state index contributed by atoms with van der Waals surface area (Å²) < 4.78 is 5.40. The van der Waals surface area contributed by atoms with Crippen molar-refractivity contribution >= 4 is 12.0 Å². The predicted molar refractivity (Wildman–Crippen MR) is 110 cm³/mol. The van der Waals surface area contributed by atoms with Crippen LogP contribution < -0.4 is 10.6 Å². The van der Waals surface area contributed by atoms with Crippen molar-refractivity contribution < 1.29 is 14.3 Å². The number of ether oxygens (including phenoxy) is 1. The number of nitrogens with one attached hydrogen (secondary N) is 2. The molecule has 0 radical (unpaired) electrons. The molecule has 154 valence electrons. The first-order valence-electron chi connectivity index (χ1n) is 9.99. The average Bonchev–Trinajstić information content (AvgIpc) is 2.77. The van der Waals surface area contributed by atoms with Gasteiger partial charge in [0.05, 0.1) is 5.69 Å². The van der Waals surface area contributed by atoms with Crippen LogP contribution in [0.25, 0.3) is 0 Å². The Kier molecular flexibility index (Phi) is 7.58. The summed E-state index contributed by atoms with van der Waals surface area (Å²) >= 11 is 0. The lowest BCUT2D eigenvalue weighted by molar-refractivity contribution is 0.0800. The highest BCUT2D eigenvalue weighted by molar-refractivity contribution is 5.94. The van der Waals surface area contributed by atoms with Crippen molar-refractivity contribution in [3.05, 3.63) is 65.5 Å². The quantitative estimate of drug-likeness (QED) is 0.752. The fraction of sp³-hybridized carbons (Fsp3) is 0.409. The number of benzene rings is 1. The Morgan fingerprint density at radius 2 is 1.93 bits per heavy atom. The molecule has 2 heterocycles. The molecule has 0 atom stereocenters. The number of amides is 2. The fourth-order valence-corrected chi connectivity index (χ4v) is 3.37. The van der Waals surface area contributed by atoms with Gasteiger partial charge in [-0.2, -0.15) is 0 Å². The maximum Gasteiger partial charge on any atom is 0.410 e. The van der Waals surface area contributed by atoms with Crippen LogP contribution in [-0.2, 0) is 17.9 Å². The molecule has 1 fully saturated rings. The van der Waals surface area contributed by atoms with Crippen molar-refractivity contribution in [3.63, 3.8) is 0 Å². The van der Waals surface area contributed by atoms with Gasteiger partial charge in [-0.05, 0) is 43.5 Å². The van der Waals surface area contributed by atoms with Crippen LogP contribution >= 0.6 is 0 Å². The molecular formula is C22H28N4O3. The van der Waals surface area contributed by atoms with Gasteiger partial charge in [-0.15, -0.1) is 0 Å². The van der Waals surface area contributed by atoms with Crippen molar-refractivity contribution in [1.82, 2.24) is 20.5 Å². The van der Waals surface area contributed by atoms with Crippen molar-refractivity contribution in [2.45, 2.75) is 26.0 Å². The molecule has 7 heteroatoms. The molecule has 2 amide bonds. The van der Waals surface area contributed by atoms with E-state index in [4.69, 9.17) is 4.74 Å². The second-order valence-electron chi connectivity index (χ2n) is 7.25. The molecule has 1 aromatic heterocycles. The van der Waals surface area contributed by atoms with Crippen LogP contribution in [0.4, 0.5) is 4.79 Å². The number of nitrogens with zero attached hydrogens (tertiary/aromatic N) is 2. The highest BCUT2D eigenvalue weighted by Gasteiger charge is 2.24. The molecular weight excluding hydrogens is 368 g/mol. The number of rotatable bonds is 7. The van der Waals surface area contributed by atoms with Gasteiger partial charge in [0.25, 0.3) is 5.91 Å². The zero-order valence-corrected chi connectivity index (χ0v) is 16.8. The maximum absolute atomic E-state index is 12.4. The Hall–Kier alpha value is -2.93. The molecule has 3 rings (SSSR count). The molecule has 2 aromatic rings. The van der Waals surface area contributed by atoms with E-state index in [-0.39, 0.29) is 18.6 Å². The van der Waals surface area contributed by atoms with Crippen LogP contribution in [-0.4, -0.2) is 48.6 Å². The summed E-state index contributed by atoms with van der Waals surface area (Å²) in [5, 5.41) is 6.04. The first-order chi connectivity index (χ1) is 14.2. The Morgan fingerprint density at radius 1 is 1.17 bits per heavy atom. The second-order valence-corrected chi connectivity index (χ2v) is 7.25. The minimum absolute atomic E-state index is 0.0885. The van der Waals surface area contributed by atoms with Crippen molar-refractivity contribution in [2.24, 2.45) is 5.92 Å². The molecule has 1 saturated heterocycles. The molecule has 1 aromatic carbocycles. The number of hydrogen-bond donors (Lipinski definition) is 2. The number of piperidine rings is 1. The van der Waals surface area contributed by atoms with Crippen LogP contribution in [0.3, 0.4) is 0 Å². The summed E-state index contributed by atoms with van der Waals surface area (Å²) in [6, 6.07) is 13.2. The monoisotopic (exact) mass is 396 g/mol. The minimum Gasteiger partial charge on any atom is -0.445 e. The highest BCUT2D eigenvalue weighted by atomic mass is 16.6. The van der Waals surface area contributed by atoms with E-state index in [9.17, 15) is 9.59 Å². The normalized spacial score (nSPS) is 14.4. The van der Waals surface area contributed by atoms with Crippen LogP contribution in [0.2, 0.25) is 0 Å². The van der Waals surface area contributed by atoms with E-state index in [1.54, 1.807) is 23.2 Å². The van der Waals surface area contributed by atoms with E-state index >= 15 is 0 Å². The third-order valence-corrected chi connectivity index (χ3v) is 5.07.